The summed E-state index contributed by atoms with van der Waals surface area (Å²) in [5, 5.41) is 0. The molecule has 0 aliphatic carbocycles. The molecular formula is C17H17NO3. The van der Waals surface area contributed by atoms with Gasteiger partial charge in [-0.25, -0.2) is 0 Å². The van der Waals surface area contributed by atoms with Crippen molar-refractivity contribution in [3.8, 4) is 11.5 Å². The Bertz CT molecular complexity index is 624. The number of hydrogen-bond donors (Lipinski definition) is 0. The smallest absolute Gasteiger partial charge is 0.266 e. The number of carbonyl (C=O) groups excluding carboxylic acids is 1. The van der Waals surface area contributed by atoms with Crippen molar-refractivity contribution in [2.75, 3.05) is 14.2 Å². The number of methoxy groups -OCH3 is 1. The van der Waals surface area contributed by atoms with E-state index in [1.54, 1.807) is 19.1 Å². The highest BCUT2D eigenvalue weighted by Crippen LogP contribution is 2.36. The number of carbonyl (C=O) groups is 1. The molecule has 4 heteroatoms. The predicted molar refractivity (Wildman–Crippen MR) is 79.4 cm³/mol. The fourth-order valence-electron chi connectivity index (χ4n) is 2.55. The SMILES string of the molecule is COc1ccc([C@H]2[C@@H](Oc3ccccc3)C(=O)N2C)cc1. The normalized spacial score (nSPS) is 20.9. The van der Waals surface area contributed by atoms with Gasteiger partial charge in [0.1, 0.15) is 17.5 Å². The monoisotopic (exact) mass is 283 g/mol. The van der Waals surface area contributed by atoms with Crippen molar-refractivity contribution >= 4 is 5.91 Å². The Morgan fingerprint density at radius 1 is 0.952 bits per heavy atom. The first-order chi connectivity index (χ1) is 10.2. The number of rotatable bonds is 4. The minimum Gasteiger partial charge on any atom is -0.497 e. The number of hydrogen-bond acceptors (Lipinski definition) is 3. The number of likely N-dealkylation sites (N-methyl/N-ethyl adjacent to an activating group) is 1. The highest BCUT2D eigenvalue weighted by Gasteiger charge is 2.47. The quantitative estimate of drug-likeness (QED) is 0.810. The molecule has 108 valence electrons. The molecule has 0 spiro atoms. The molecule has 4 nitrogen and oxygen atoms in total. The maximum Gasteiger partial charge on any atom is 0.266 e. The third-order valence-corrected chi connectivity index (χ3v) is 3.76. The Morgan fingerprint density at radius 2 is 1.62 bits per heavy atom. The van der Waals surface area contributed by atoms with Crippen molar-refractivity contribution in [2.45, 2.75) is 12.1 Å². The van der Waals surface area contributed by atoms with E-state index in [2.05, 4.69) is 0 Å². The number of amides is 1. The summed E-state index contributed by atoms with van der Waals surface area (Å²) >= 11 is 0. The highest BCUT2D eigenvalue weighted by molar-refractivity contribution is 5.89. The van der Waals surface area contributed by atoms with E-state index < -0.39 is 6.10 Å². The summed E-state index contributed by atoms with van der Waals surface area (Å²) in [5.74, 6) is 1.51. The molecule has 0 N–H and O–H groups in total. The average molecular weight is 283 g/mol. The molecule has 1 fully saturated rings. The number of β-lactam (4-membered cyclic amide) rings is 1. The van der Waals surface area contributed by atoms with Crippen LogP contribution < -0.4 is 9.47 Å². The topological polar surface area (TPSA) is 38.8 Å². The fraction of sp³-hybridized carbons (Fsp3) is 0.235. The molecule has 21 heavy (non-hydrogen) atoms. The number of nitrogens with zero attached hydrogens (tertiary/aromatic N) is 1. The average Bonchev–Trinajstić information content (AvgIpc) is 2.55. The molecule has 1 heterocycles. The van der Waals surface area contributed by atoms with Crippen LogP contribution in [0.15, 0.2) is 54.6 Å². The minimum absolute atomic E-state index is 0.000305. The van der Waals surface area contributed by atoms with Gasteiger partial charge in [-0.05, 0) is 29.8 Å². The molecule has 2 aromatic carbocycles. The Labute approximate surface area is 123 Å². The maximum absolute atomic E-state index is 12.0. The molecule has 2 aromatic rings. The van der Waals surface area contributed by atoms with Gasteiger partial charge in [0.15, 0.2) is 0 Å². The third kappa shape index (κ3) is 2.44. The van der Waals surface area contributed by atoms with Gasteiger partial charge in [0.05, 0.1) is 7.11 Å². The first-order valence-electron chi connectivity index (χ1n) is 6.83. The van der Waals surface area contributed by atoms with Gasteiger partial charge in [-0.1, -0.05) is 30.3 Å². The number of ether oxygens (including phenoxy) is 2. The molecule has 1 aliphatic heterocycles. The molecule has 1 amide bonds. The van der Waals surface area contributed by atoms with E-state index in [4.69, 9.17) is 9.47 Å². The Hall–Kier alpha value is -2.49. The van der Waals surface area contributed by atoms with Crippen molar-refractivity contribution in [3.05, 3.63) is 60.2 Å². The zero-order chi connectivity index (χ0) is 14.8. The fourth-order valence-corrected chi connectivity index (χ4v) is 2.55. The molecule has 1 saturated heterocycles. The second-order valence-corrected chi connectivity index (χ2v) is 5.02. The standard InChI is InChI=1S/C17H17NO3/c1-18-15(12-8-10-13(20-2)11-9-12)16(17(18)19)21-14-6-4-3-5-7-14/h3-11,15-16H,1-2H3/t15-,16+/m0/s1. The van der Waals surface area contributed by atoms with Crippen LogP contribution in [-0.4, -0.2) is 31.1 Å². The van der Waals surface area contributed by atoms with E-state index in [1.165, 1.54) is 0 Å². The first kappa shape index (κ1) is 13.5. The second kappa shape index (κ2) is 5.48. The van der Waals surface area contributed by atoms with Crippen LogP contribution in [0, 0.1) is 0 Å². The second-order valence-electron chi connectivity index (χ2n) is 5.02. The van der Waals surface area contributed by atoms with Crippen LogP contribution >= 0.6 is 0 Å². The summed E-state index contributed by atoms with van der Waals surface area (Å²) in [4.78, 5) is 13.8. The number of likely N-dealkylation sites (tertiary alicyclic amines) is 1. The van der Waals surface area contributed by atoms with Gasteiger partial charge in [0, 0.05) is 7.05 Å². The Balaban J connectivity index is 1.80. The van der Waals surface area contributed by atoms with Crippen LogP contribution in [0.2, 0.25) is 0 Å². The Kier molecular flexibility index (Phi) is 3.52. The summed E-state index contributed by atoms with van der Waals surface area (Å²) in [6, 6.07) is 17.1. The molecule has 2 atom stereocenters. The van der Waals surface area contributed by atoms with Crippen molar-refractivity contribution < 1.29 is 14.3 Å². The van der Waals surface area contributed by atoms with Crippen molar-refractivity contribution in [2.24, 2.45) is 0 Å². The van der Waals surface area contributed by atoms with Crippen LogP contribution in [0.1, 0.15) is 11.6 Å². The van der Waals surface area contributed by atoms with Crippen LogP contribution in [0.25, 0.3) is 0 Å². The van der Waals surface area contributed by atoms with E-state index >= 15 is 0 Å². The predicted octanol–water partition coefficient (Wildman–Crippen LogP) is 2.66. The lowest BCUT2D eigenvalue weighted by molar-refractivity contribution is -0.160. The molecular weight excluding hydrogens is 266 g/mol. The van der Waals surface area contributed by atoms with E-state index in [0.717, 1.165) is 11.3 Å². The summed E-state index contributed by atoms with van der Waals surface area (Å²) in [7, 11) is 3.43. The minimum atomic E-state index is -0.467. The van der Waals surface area contributed by atoms with Gasteiger partial charge < -0.3 is 14.4 Å². The van der Waals surface area contributed by atoms with Gasteiger partial charge in [0.2, 0.25) is 6.10 Å². The first-order valence-corrected chi connectivity index (χ1v) is 6.83. The zero-order valence-corrected chi connectivity index (χ0v) is 12.0. The van der Waals surface area contributed by atoms with Crippen LogP contribution in [0.3, 0.4) is 0 Å². The molecule has 0 radical (unpaired) electrons. The molecule has 0 saturated carbocycles. The largest absolute Gasteiger partial charge is 0.497 e. The van der Waals surface area contributed by atoms with Gasteiger partial charge in [-0.2, -0.15) is 0 Å². The van der Waals surface area contributed by atoms with Gasteiger partial charge in [0.25, 0.3) is 5.91 Å². The summed E-state index contributed by atoms with van der Waals surface area (Å²) < 4.78 is 11.0. The van der Waals surface area contributed by atoms with E-state index in [-0.39, 0.29) is 11.9 Å². The van der Waals surface area contributed by atoms with Crippen LogP contribution in [0.4, 0.5) is 0 Å². The van der Waals surface area contributed by atoms with Crippen molar-refractivity contribution in [3.63, 3.8) is 0 Å². The van der Waals surface area contributed by atoms with E-state index in [0.29, 0.717) is 5.75 Å². The highest BCUT2D eigenvalue weighted by atomic mass is 16.5. The van der Waals surface area contributed by atoms with Gasteiger partial charge in [-0.15, -0.1) is 0 Å². The lowest BCUT2D eigenvalue weighted by Crippen LogP contribution is -2.59. The van der Waals surface area contributed by atoms with Crippen molar-refractivity contribution in [1.82, 2.24) is 4.90 Å². The van der Waals surface area contributed by atoms with Gasteiger partial charge in [-0.3, -0.25) is 4.79 Å². The zero-order valence-electron chi connectivity index (χ0n) is 12.0. The lowest BCUT2D eigenvalue weighted by atomic mass is 9.91. The lowest BCUT2D eigenvalue weighted by Gasteiger charge is -2.44. The third-order valence-electron chi connectivity index (χ3n) is 3.76. The van der Waals surface area contributed by atoms with E-state index in [9.17, 15) is 4.79 Å². The summed E-state index contributed by atoms with van der Waals surface area (Å²) in [5.41, 5.74) is 1.04. The van der Waals surface area contributed by atoms with Crippen LogP contribution in [-0.2, 0) is 4.79 Å². The maximum atomic E-state index is 12.0. The molecule has 0 unspecified atom stereocenters. The Morgan fingerprint density at radius 3 is 2.24 bits per heavy atom. The van der Waals surface area contributed by atoms with Crippen LogP contribution in [0.5, 0.6) is 11.5 Å². The van der Waals surface area contributed by atoms with Crippen molar-refractivity contribution in [1.29, 1.82) is 0 Å². The summed E-state index contributed by atoms with van der Waals surface area (Å²) in [6.07, 6.45) is -0.467. The molecule has 0 bridgehead atoms. The molecule has 1 aliphatic rings. The number of benzene rings is 2. The summed E-state index contributed by atoms with van der Waals surface area (Å²) in [6.45, 7) is 0. The number of para-hydroxylation sites is 1. The van der Waals surface area contributed by atoms with Gasteiger partial charge >= 0.3 is 0 Å². The molecule has 3 rings (SSSR count). The molecule has 0 aromatic heterocycles. The van der Waals surface area contributed by atoms with E-state index in [1.807, 2.05) is 54.6 Å².